The molecule has 0 atom stereocenters. The Labute approximate surface area is 314 Å². The maximum atomic E-state index is 9.11. The van der Waals surface area contributed by atoms with Crippen LogP contribution in [0, 0.1) is 12.1 Å². The third-order valence-electron chi connectivity index (χ3n) is 8.49. The second-order valence-corrected chi connectivity index (χ2v) is 11.7. The summed E-state index contributed by atoms with van der Waals surface area (Å²) in [7, 11) is 0. The van der Waals surface area contributed by atoms with Crippen molar-refractivity contribution in [1.82, 2.24) is 9.97 Å². The molecule has 0 aliphatic carbocycles. The minimum atomic E-state index is -1.73. The van der Waals surface area contributed by atoms with Crippen molar-refractivity contribution in [3.63, 3.8) is 0 Å². The van der Waals surface area contributed by atoms with E-state index in [2.05, 4.69) is 41.4 Å². The number of fused-ring (bicyclic) bond motifs is 3. The Morgan fingerprint density at radius 3 is 2.02 bits per heavy atom. The summed E-state index contributed by atoms with van der Waals surface area (Å²) in [5, 5.41) is 2.03. The number of para-hydroxylation sites is 1. The molecule has 0 N–H and O–H groups in total. The molecule has 0 aliphatic rings. The van der Waals surface area contributed by atoms with Crippen LogP contribution < -0.4 is 0 Å². The van der Waals surface area contributed by atoms with Gasteiger partial charge in [0, 0.05) is 46.2 Å². The Bertz CT molecular complexity index is 2540. The summed E-state index contributed by atoms with van der Waals surface area (Å²) in [4.78, 5) is 9.11. The first-order valence-corrected chi connectivity index (χ1v) is 16.5. The van der Waals surface area contributed by atoms with E-state index in [4.69, 9.17) is 12.1 Å². The van der Waals surface area contributed by atoms with Gasteiger partial charge in [0.1, 0.15) is 5.58 Å². The predicted octanol–water partition coefficient (Wildman–Crippen LogP) is 11.9. The van der Waals surface area contributed by atoms with Crippen LogP contribution in [-0.4, -0.2) is 9.97 Å². The molecular formula is C47H32IrN2O-2. The first-order chi connectivity index (χ1) is 25.6. The van der Waals surface area contributed by atoms with Gasteiger partial charge in [-0.2, -0.15) is 0 Å². The fraction of sp³-hybridized carbons (Fsp3) is 0.0213. The third-order valence-corrected chi connectivity index (χ3v) is 8.49. The van der Waals surface area contributed by atoms with Crippen molar-refractivity contribution in [2.45, 2.75) is 6.37 Å². The SMILES string of the molecule is [2H]C([2H])(c1ccccc1)c1cc(-c2[c-]ccc3c2oc2ccccc23)ncc1-c1ccccc1.[Ir].[c-]1ccc(-c2ccccc2)cc1-c1ccccn1. The summed E-state index contributed by atoms with van der Waals surface area (Å²) in [5.41, 5.74) is 10.1. The van der Waals surface area contributed by atoms with Crippen LogP contribution in [0.1, 0.15) is 13.9 Å². The molecule has 6 aromatic carbocycles. The zero-order valence-electron chi connectivity index (χ0n) is 29.5. The van der Waals surface area contributed by atoms with E-state index in [1.807, 2.05) is 146 Å². The number of furan rings is 1. The van der Waals surface area contributed by atoms with Crippen molar-refractivity contribution in [2.75, 3.05) is 0 Å². The van der Waals surface area contributed by atoms with E-state index in [-0.39, 0.29) is 20.1 Å². The molecule has 0 aliphatic heterocycles. The Morgan fingerprint density at radius 1 is 0.569 bits per heavy atom. The smallest absolute Gasteiger partial charge is 0.120 e. The third kappa shape index (κ3) is 7.49. The van der Waals surface area contributed by atoms with Gasteiger partial charge in [0.2, 0.25) is 0 Å². The van der Waals surface area contributed by atoms with Crippen LogP contribution in [0.25, 0.3) is 66.7 Å². The Kier molecular flexibility index (Phi) is 9.59. The maximum absolute atomic E-state index is 9.11. The van der Waals surface area contributed by atoms with Gasteiger partial charge in [-0.25, -0.2) is 0 Å². The second kappa shape index (κ2) is 15.7. The second-order valence-electron chi connectivity index (χ2n) is 11.7. The molecule has 0 saturated heterocycles. The average molecular weight is 835 g/mol. The van der Waals surface area contributed by atoms with Crippen LogP contribution in [0.5, 0.6) is 0 Å². The first-order valence-electron chi connectivity index (χ1n) is 17.5. The number of nitrogens with zero attached hydrogens (tertiary/aromatic N) is 2. The first kappa shape index (κ1) is 31.1. The molecule has 3 heterocycles. The summed E-state index contributed by atoms with van der Waals surface area (Å²) < 4.78 is 24.4. The van der Waals surface area contributed by atoms with E-state index in [0.29, 0.717) is 22.4 Å². The molecule has 0 saturated carbocycles. The predicted molar refractivity (Wildman–Crippen MR) is 204 cm³/mol. The van der Waals surface area contributed by atoms with Crippen LogP contribution in [0.15, 0.2) is 187 Å². The van der Waals surface area contributed by atoms with E-state index in [1.54, 1.807) is 12.4 Å². The molecular weight excluding hydrogens is 801 g/mol. The van der Waals surface area contributed by atoms with Gasteiger partial charge >= 0.3 is 0 Å². The monoisotopic (exact) mass is 835 g/mol. The van der Waals surface area contributed by atoms with Gasteiger partial charge in [0.25, 0.3) is 0 Å². The fourth-order valence-corrected chi connectivity index (χ4v) is 6.05. The van der Waals surface area contributed by atoms with Crippen molar-refractivity contribution in [3.8, 4) is 44.8 Å². The molecule has 0 spiro atoms. The van der Waals surface area contributed by atoms with Gasteiger partial charge in [-0.3, -0.25) is 0 Å². The molecule has 0 unspecified atom stereocenters. The number of hydrogen-bond acceptors (Lipinski definition) is 3. The maximum Gasteiger partial charge on any atom is 0.120 e. The number of pyridine rings is 2. The van der Waals surface area contributed by atoms with Gasteiger partial charge in [-0.1, -0.05) is 138 Å². The van der Waals surface area contributed by atoms with Crippen molar-refractivity contribution in [1.29, 1.82) is 0 Å². The van der Waals surface area contributed by atoms with E-state index in [0.717, 1.165) is 44.3 Å². The summed E-state index contributed by atoms with van der Waals surface area (Å²) in [6.45, 7) is 0. The fourth-order valence-electron chi connectivity index (χ4n) is 6.05. The average Bonchev–Trinajstić information content (AvgIpc) is 3.61. The van der Waals surface area contributed by atoms with Gasteiger partial charge in [0.05, 0.1) is 5.58 Å². The zero-order valence-corrected chi connectivity index (χ0v) is 29.9. The minimum Gasteiger partial charge on any atom is -0.501 e. The van der Waals surface area contributed by atoms with Gasteiger partial charge < -0.3 is 14.4 Å². The molecule has 3 nitrogen and oxygen atoms in total. The topological polar surface area (TPSA) is 38.9 Å². The van der Waals surface area contributed by atoms with Crippen molar-refractivity contribution in [3.05, 3.63) is 206 Å². The number of hydrogen-bond donors (Lipinski definition) is 0. The van der Waals surface area contributed by atoms with E-state index in [1.165, 1.54) is 11.1 Å². The van der Waals surface area contributed by atoms with Crippen LogP contribution in [0.3, 0.4) is 0 Å². The molecule has 4 heteroatoms. The molecule has 0 bridgehead atoms. The number of rotatable bonds is 6. The standard InChI is InChI=1S/C30H20NO.C17H12N.Ir/c1-3-10-21(11-4-1)18-23-19-28(31-20-27(23)22-12-5-2-6-13-22)26-16-9-15-25-24-14-7-8-17-29(24)32-30(25)26;1-2-7-14(8-3-1)15-9-6-10-16(13-15)17-11-4-5-12-18-17;/h1-15,17,19-20H,18H2;1-9,11-13H;/q2*-1;/i18D2;;. The quantitative estimate of drug-likeness (QED) is 0.157. The number of benzene rings is 6. The summed E-state index contributed by atoms with van der Waals surface area (Å²) in [6.07, 6.45) is 1.83. The summed E-state index contributed by atoms with van der Waals surface area (Å²) in [6, 6.07) is 61.6. The van der Waals surface area contributed by atoms with E-state index >= 15 is 0 Å². The molecule has 9 aromatic rings. The number of aromatic nitrogens is 2. The zero-order chi connectivity index (χ0) is 35.3. The van der Waals surface area contributed by atoms with Gasteiger partial charge in [-0.15, -0.1) is 53.6 Å². The Balaban J connectivity index is 0.000000194. The largest absolute Gasteiger partial charge is 0.501 e. The Hall–Kier alpha value is -5.93. The van der Waals surface area contributed by atoms with Crippen LogP contribution in [0.4, 0.5) is 0 Å². The normalized spacial score (nSPS) is 11.5. The van der Waals surface area contributed by atoms with E-state index in [9.17, 15) is 0 Å². The Morgan fingerprint density at radius 2 is 1.25 bits per heavy atom. The van der Waals surface area contributed by atoms with Crippen molar-refractivity contribution in [2.24, 2.45) is 0 Å². The van der Waals surface area contributed by atoms with Gasteiger partial charge in [0.15, 0.2) is 0 Å². The van der Waals surface area contributed by atoms with Gasteiger partial charge in [-0.05, 0) is 52.1 Å². The molecule has 51 heavy (non-hydrogen) atoms. The summed E-state index contributed by atoms with van der Waals surface area (Å²) >= 11 is 0. The summed E-state index contributed by atoms with van der Waals surface area (Å²) in [5.74, 6) is 0. The van der Waals surface area contributed by atoms with Crippen LogP contribution in [0.2, 0.25) is 0 Å². The molecule has 0 fully saturated rings. The minimum absolute atomic E-state index is 0. The molecule has 1 radical (unpaired) electrons. The van der Waals surface area contributed by atoms with Crippen LogP contribution in [-0.2, 0) is 26.5 Å². The van der Waals surface area contributed by atoms with Crippen molar-refractivity contribution >= 4 is 21.9 Å². The van der Waals surface area contributed by atoms with Crippen molar-refractivity contribution < 1.29 is 27.3 Å². The molecule has 247 valence electrons. The van der Waals surface area contributed by atoms with Crippen LogP contribution >= 0.6 is 0 Å². The molecule has 9 rings (SSSR count). The molecule has 0 amide bonds. The molecule has 3 aromatic heterocycles. The van der Waals surface area contributed by atoms with E-state index < -0.39 is 6.37 Å².